The van der Waals surface area contributed by atoms with Gasteiger partial charge in [0.25, 0.3) is 5.91 Å². The molecule has 0 aromatic heterocycles. The number of nitrogens with one attached hydrogen (secondary N) is 2. The normalized spacial score (nSPS) is 17.2. The molecule has 0 radical (unpaired) electrons. The van der Waals surface area contributed by atoms with Crippen LogP contribution in [0.25, 0.3) is 0 Å². The first-order valence-electron chi connectivity index (χ1n) is 8.35. The van der Waals surface area contributed by atoms with Gasteiger partial charge in [-0.25, -0.2) is 17.9 Å². The first kappa shape index (κ1) is 19.4. The van der Waals surface area contributed by atoms with E-state index >= 15 is 0 Å². The van der Waals surface area contributed by atoms with Crippen molar-refractivity contribution in [2.24, 2.45) is 0 Å². The number of hydrogen-bond acceptors (Lipinski definition) is 4. The Morgan fingerprint density at radius 3 is 2.36 bits per heavy atom. The molecule has 25 heavy (non-hydrogen) atoms. The van der Waals surface area contributed by atoms with Gasteiger partial charge >= 0.3 is 5.97 Å². The zero-order chi connectivity index (χ0) is 18.7. The smallest absolute Gasteiger partial charge is 0.329 e. The van der Waals surface area contributed by atoms with Gasteiger partial charge in [0.15, 0.2) is 0 Å². The van der Waals surface area contributed by atoms with Gasteiger partial charge in [0.2, 0.25) is 10.0 Å². The lowest BCUT2D eigenvalue weighted by molar-refractivity contribution is -0.145. The van der Waals surface area contributed by atoms with Crippen LogP contribution in [0.2, 0.25) is 0 Å². The molecule has 7 nitrogen and oxygen atoms in total. The number of rotatable bonds is 6. The number of benzene rings is 1. The summed E-state index contributed by atoms with van der Waals surface area (Å²) in [5.41, 5.74) is -1.15. The fourth-order valence-corrected chi connectivity index (χ4v) is 4.32. The molecule has 0 spiro atoms. The van der Waals surface area contributed by atoms with Crippen molar-refractivity contribution >= 4 is 21.9 Å². The molecule has 1 saturated carbocycles. The average molecular weight is 368 g/mol. The number of carbonyl (C=O) groups excluding carboxylic acids is 1. The van der Waals surface area contributed by atoms with Crippen LogP contribution in [0, 0.1) is 0 Å². The second kappa shape index (κ2) is 7.53. The molecule has 0 saturated heterocycles. The van der Waals surface area contributed by atoms with Crippen LogP contribution in [0.4, 0.5) is 0 Å². The van der Waals surface area contributed by atoms with Gasteiger partial charge in [-0.2, -0.15) is 0 Å². The van der Waals surface area contributed by atoms with Crippen LogP contribution in [0.1, 0.15) is 56.3 Å². The molecule has 0 aliphatic heterocycles. The largest absolute Gasteiger partial charge is 0.480 e. The fraction of sp³-hybridized carbons (Fsp3) is 0.529. The zero-order valence-corrected chi connectivity index (χ0v) is 15.2. The molecule has 0 heterocycles. The van der Waals surface area contributed by atoms with Crippen molar-refractivity contribution in [1.29, 1.82) is 0 Å². The highest BCUT2D eigenvalue weighted by Gasteiger charge is 2.41. The van der Waals surface area contributed by atoms with Crippen molar-refractivity contribution in [2.45, 2.75) is 62.4 Å². The van der Waals surface area contributed by atoms with E-state index in [1.807, 2.05) is 0 Å². The molecular formula is C17H24N2O5S. The molecule has 1 aromatic rings. The molecule has 1 aliphatic rings. The van der Waals surface area contributed by atoms with E-state index in [1.54, 1.807) is 13.8 Å². The maximum absolute atomic E-state index is 12.5. The summed E-state index contributed by atoms with van der Waals surface area (Å²) in [6.07, 6.45) is 3.17. The average Bonchev–Trinajstić information content (AvgIpc) is 2.54. The lowest BCUT2D eigenvalue weighted by atomic mass is 9.81. The van der Waals surface area contributed by atoms with Crippen LogP contribution in [-0.2, 0) is 14.8 Å². The van der Waals surface area contributed by atoms with Crippen molar-refractivity contribution < 1.29 is 23.1 Å². The van der Waals surface area contributed by atoms with Gasteiger partial charge in [0, 0.05) is 11.6 Å². The summed E-state index contributed by atoms with van der Waals surface area (Å²) in [5, 5.41) is 12.2. The second-order valence-corrected chi connectivity index (χ2v) is 8.42. The number of carbonyl (C=O) groups is 2. The highest BCUT2D eigenvalue weighted by Crippen LogP contribution is 2.29. The van der Waals surface area contributed by atoms with Gasteiger partial charge in [-0.15, -0.1) is 0 Å². The van der Waals surface area contributed by atoms with Crippen LogP contribution < -0.4 is 10.0 Å². The molecule has 1 aliphatic carbocycles. The quantitative estimate of drug-likeness (QED) is 0.710. The maximum Gasteiger partial charge on any atom is 0.329 e. The van der Waals surface area contributed by atoms with Crippen LogP contribution >= 0.6 is 0 Å². The van der Waals surface area contributed by atoms with E-state index in [-0.39, 0.29) is 16.5 Å². The Kier molecular flexibility index (Phi) is 5.84. The SMILES string of the molecule is CC(C)NS(=O)(=O)c1cccc(C(=O)NC2(C(=O)O)CCCCC2)c1. The third kappa shape index (κ3) is 4.58. The molecule has 0 unspecified atom stereocenters. The molecule has 0 atom stereocenters. The molecule has 1 aromatic carbocycles. The maximum atomic E-state index is 12.5. The first-order valence-corrected chi connectivity index (χ1v) is 9.83. The number of sulfonamides is 1. The summed E-state index contributed by atoms with van der Waals surface area (Å²) in [7, 11) is -3.73. The standard InChI is InChI=1S/C17H24N2O5S/c1-12(2)19-25(23,24)14-8-6-7-13(11-14)15(20)18-17(16(21)22)9-4-3-5-10-17/h6-8,11-12,19H,3-5,9-10H2,1-2H3,(H,18,20)(H,21,22). The van der Waals surface area contributed by atoms with Gasteiger partial charge in [-0.3, -0.25) is 4.79 Å². The van der Waals surface area contributed by atoms with E-state index in [0.29, 0.717) is 12.8 Å². The number of carboxylic acid groups (broad SMARTS) is 1. The summed E-state index contributed by atoms with van der Waals surface area (Å²) in [5.74, 6) is -1.63. The monoisotopic (exact) mass is 368 g/mol. The minimum atomic E-state index is -3.73. The zero-order valence-electron chi connectivity index (χ0n) is 14.4. The van der Waals surface area contributed by atoms with Gasteiger partial charge < -0.3 is 10.4 Å². The van der Waals surface area contributed by atoms with Gasteiger partial charge in [-0.05, 0) is 44.9 Å². The van der Waals surface area contributed by atoms with Crippen LogP contribution in [0.5, 0.6) is 0 Å². The summed E-state index contributed by atoms with van der Waals surface area (Å²) < 4.78 is 26.9. The van der Waals surface area contributed by atoms with Gasteiger partial charge in [-0.1, -0.05) is 25.3 Å². The van der Waals surface area contributed by atoms with Crippen molar-refractivity contribution in [3.63, 3.8) is 0 Å². The van der Waals surface area contributed by atoms with Crippen molar-refractivity contribution in [3.05, 3.63) is 29.8 Å². The van der Waals surface area contributed by atoms with E-state index < -0.39 is 27.4 Å². The Hall–Kier alpha value is -1.93. The molecule has 138 valence electrons. The van der Waals surface area contributed by atoms with Crippen molar-refractivity contribution in [2.75, 3.05) is 0 Å². The van der Waals surface area contributed by atoms with Crippen LogP contribution in [0.3, 0.4) is 0 Å². The van der Waals surface area contributed by atoms with Crippen LogP contribution in [-0.4, -0.2) is 37.0 Å². The summed E-state index contributed by atoms with van der Waals surface area (Å²) >= 11 is 0. The molecule has 0 bridgehead atoms. The van der Waals surface area contributed by atoms with E-state index in [2.05, 4.69) is 10.0 Å². The Morgan fingerprint density at radius 2 is 1.80 bits per heavy atom. The second-order valence-electron chi connectivity index (χ2n) is 6.71. The molecular weight excluding hydrogens is 344 g/mol. The van der Waals surface area contributed by atoms with Crippen LogP contribution in [0.15, 0.2) is 29.2 Å². The minimum absolute atomic E-state index is 0.0260. The third-order valence-electron chi connectivity index (χ3n) is 4.27. The number of hydrogen-bond donors (Lipinski definition) is 3. The lowest BCUT2D eigenvalue weighted by Gasteiger charge is -2.34. The Morgan fingerprint density at radius 1 is 1.16 bits per heavy atom. The highest BCUT2D eigenvalue weighted by molar-refractivity contribution is 7.89. The molecule has 1 fully saturated rings. The lowest BCUT2D eigenvalue weighted by Crippen LogP contribution is -2.55. The topological polar surface area (TPSA) is 113 Å². The first-order chi connectivity index (χ1) is 11.7. The number of aliphatic carboxylic acids is 1. The molecule has 8 heteroatoms. The highest BCUT2D eigenvalue weighted by atomic mass is 32.2. The summed E-state index contributed by atoms with van der Waals surface area (Å²) in [4.78, 5) is 24.2. The Balaban J connectivity index is 2.25. The van der Waals surface area contributed by atoms with E-state index in [4.69, 9.17) is 0 Å². The van der Waals surface area contributed by atoms with Gasteiger partial charge in [0.1, 0.15) is 5.54 Å². The molecule has 1 amide bonds. The summed E-state index contributed by atoms with van der Waals surface area (Å²) in [6.45, 7) is 3.40. The summed E-state index contributed by atoms with van der Waals surface area (Å²) in [6, 6.07) is 5.33. The van der Waals surface area contributed by atoms with Crippen molar-refractivity contribution in [1.82, 2.24) is 10.0 Å². The minimum Gasteiger partial charge on any atom is -0.480 e. The van der Waals surface area contributed by atoms with Gasteiger partial charge in [0.05, 0.1) is 4.90 Å². The molecule has 2 rings (SSSR count). The predicted octanol–water partition coefficient (Wildman–Crippen LogP) is 1.89. The Labute approximate surface area is 147 Å². The third-order valence-corrected chi connectivity index (χ3v) is 5.92. The predicted molar refractivity (Wildman–Crippen MR) is 92.8 cm³/mol. The van der Waals surface area contributed by atoms with E-state index in [9.17, 15) is 23.1 Å². The molecule has 3 N–H and O–H groups in total. The van der Waals surface area contributed by atoms with E-state index in [1.165, 1.54) is 24.3 Å². The number of carboxylic acids is 1. The number of amides is 1. The Bertz CT molecular complexity index is 752. The van der Waals surface area contributed by atoms with E-state index in [0.717, 1.165) is 19.3 Å². The fourth-order valence-electron chi connectivity index (χ4n) is 3.02. The van der Waals surface area contributed by atoms with Crippen molar-refractivity contribution in [3.8, 4) is 0 Å².